The molecule has 0 spiro atoms. The Morgan fingerprint density at radius 1 is 1.20 bits per heavy atom. The Morgan fingerprint density at radius 3 is 2.30 bits per heavy atom. The zero-order valence-electron chi connectivity index (χ0n) is 13.2. The van der Waals surface area contributed by atoms with E-state index in [9.17, 15) is 4.79 Å². The Morgan fingerprint density at radius 2 is 1.85 bits per heavy atom. The van der Waals surface area contributed by atoms with Crippen LogP contribution in [0, 0.1) is 5.41 Å². The molecule has 0 N–H and O–H groups in total. The molecule has 0 amide bonds. The minimum absolute atomic E-state index is 0.150. The smallest absolute Gasteiger partial charge is 0.313 e. The van der Waals surface area contributed by atoms with Gasteiger partial charge < -0.3 is 23.7 Å². The maximum atomic E-state index is 11.9. The number of esters is 1. The summed E-state index contributed by atoms with van der Waals surface area (Å²) in [6.45, 7) is 4.01. The maximum Gasteiger partial charge on any atom is 0.313 e. The normalized spacial score (nSPS) is 31.1. The Bertz CT molecular complexity index is 317. The first-order chi connectivity index (χ1) is 9.42. The molecule has 6 heteroatoms. The lowest BCUT2D eigenvalue weighted by atomic mass is 9.80. The van der Waals surface area contributed by atoms with Gasteiger partial charge in [-0.3, -0.25) is 4.79 Å². The molecule has 0 aromatic rings. The van der Waals surface area contributed by atoms with Crippen LogP contribution in [0.25, 0.3) is 0 Å². The van der Waals surface area contributed by atoms with Crippen LogP contribution >= 0.6 is 0 Å². The van der Waals surface area contributed by atoms with E-state index in [1.165, 1.54) is 7.11 Å². The van der Waals surface area contributed by atoms with E-state index in [1.54, 1.807) is 21.3 Å². The lowest BCUT2D eigenvalue weighted by Gasteiger charge is -2.44. The van der Waals surface area contributed by atoms with Crippen molar-refractivity contribution in [1.82, 2.24) is 0 Å². The van der Waals surface area contributed by atoms with E-state index in [1.807, 2.05) is 13.8 Å². The Kier molecular flexibility index (Phi) is 6.39. The molecular formula is C14H26O6. The van der Waals surface area contributed by atoms with E-state index in [0.717, 1.165) is 0 Å². The second-order valence-electron chi connectivity index (χ2n) is 5.54. The molecule has 1 aliphatic rings. The van der Waals surface area contributed by atoms with E-state index in [-0.39, 0.29) is 30.4 Å². The van der Waals surface area contributed by atoms with E-state index < -0.39 is 5.41 Å². The molecule has 0 saturated carbocycles. The van der Waals surface area contributed by atoms with Crippen LogP contribution in [0.2, 0.25) is 0 Å². The van der Waals surface area contributed by atoms with E-state index >= 15 is 0 Å². The molecular weight excluding hydrogens is 264 g/mol. The highest BCUT2D eigenvalue weighted by Gasteiger charge is 2.48. The topological polar surface area (TPSA) is 63.2 Å². The van der Waals surface area contributed by atoms with Gasteiger partial charge in [0, 0.05) is 27.8 Å². The summed E-state index contributed by atoms with van der Waals surface area (Å²) >= 11 is 0. The molecule has 118 valence electrons. The standard InChI is InChI=1S/C14H26O6/c1-14(2,13(15)19-6)11-7-9(17-4)12(18-5)10(20-11)8-16-3/h9-12H,7-8H2,1-6H3/t9-,10-,11-,12+/m1/s1. The number of carbonyl (C=O) groups is 1. The van der Waals surface area contributed by atoms with Gasteiger partial charge in [0.25, 0.3) is 0 Å². The lowest BCUT2D eigenvalue weighted by molar-refractivity contribution is -0.223. The number of methoxy groups -OCH3 is 4. The summed E-state index contributed by atoms with van der Waals surface area (Å²) in [7, 11) is 6.24. The third kappa shape index (κ3) is 3.49. The largest absolute Gasteiger partial charge is 0.469 e. The Balaban J connectivity index is 2.92. The monoisotopic (exact) mass is 290 g/mol. The molecule has 1 saturated heterocycles. The van der Waals surface area contributed by atoms with Crippen LogP contribution in [0.3, 0.4) is 0 Å². The molecule has 6 nitrogen and oxygen atoms in total. The second-order valence-corrected chi connectivity index (χ2v) is 5.54. The highest BCUT2D eigenvalue weighted by Crippen LogP contribution is 2.35. The van der Waals surface area contributed by atoms with Crippen LogP contribution in [-0.2, 0) is 28.5 Å². The van der Waals surface area contributed by atoms with Crippen molar-refractivity contribution in [3.8, 4) is 0 Å². The molecule has 1 aliphatic heterocycles. The van der Waals surface area contributed by atoms with Crippen molar-refractivity contribution in [2.45, 2.75) is 44.7 Å². The van der Waals surface area contributed by atoms with Gasteiger partial charge in [0.05, 0.1) is 31.3 Å². The van der Waals surface area contributed by atoms with Crippen LogP contribution in [0.5, 0.6) is 0 Å². The first-order valence-electron chi connectivity index (χ1n) is 6.70. The lowest BCUT2D eigenvalue weighted by Crippen LogP contribution is -2.56. The van der Waals surface area contributed by atoms with Crippen molar-refractivity contribution in [2.24, 2.45) is 5.41 Å². The summed E-state index contributed by atoms with van der Waals surface area (Å²) in [5.74, 6) is -0.301. The summed E-state index contributed by atoms with van der Waals surface area (Å²) in [5, 5.41) is 0. The number of rotatable bonds is 6. The van der Waals surface area contributed by atoms with Gasteiger partial charge in [0.2, 0.25) is 0 Å². The van der Waals surface area contributed by atoms with E-state index in [2.05, 4.69) is 0 Å². The van der Waals surface area contributed by atoms with Crippen LogP contribution < -0.4 is 0 Å². The fraction of sp³-hybridized carbons (Fsp3) is 0.929. The van der Waals surface area contributed by atoms with Crippen molar-refractivity contribution in [3.63, 3.8) is 0 Å². The average molecular weight is 290 g/mol. The minimum atomic E-state index is -0.754. The predicted molar refractivity (Wildman–Crippen MR) is 72.5 cm³/mol. The summed E-state index contributed by atoms with van der Waals surface area (Å²) in [6.07, 6.45) is -0.395. The molecule has 1 heterocycles. The van der Waals surface area contributed by atoms with Crippen molar-refractivity contribution >= 4 is 5.97 Å². The molecule has 0 aromatic carbocycles. The highest BCUT2D eigenvalue weighted by molar-refractivity contribution is 5.76. The molecule has 0 radical (unpaired) electrons. The van der Waals surface area contributed by atoms with Gasteiger partial charge in [-0.2, -0.15) is 0 Å². The van der Waals surface area contributed by atoms with E-state index in [4.69, 9.17) is 23.7 Å². The van der Waals surface area contributed by atoms with Gasteiger partial charge in [-0.15, -0.1) is 0 Å². The quantitative estimate of drug-likeness (QED) is 0.681. The first kappa shape index (κ1) is 17.4. The molecule has 4 atom stereocenters. The number of hydrogen-bond donors (Lipinski definition) is 0. The molecule has 1 rings (SSSR count). The number of ether oxygens (including phenoxy) is 5. The zero-order chi connectivity index (χ0) is 15.3. The van der Waals surface area contributed by atoms with Gasteiger partial charge in [0.1, 0.15) is 12.2 Å². The molecule has 1 fully saturated rings. The fourth-order valence-electron chi connectivity index (χ4n) is 2.62. The molecule has 0 aliphatic carbocycles. The van der Waals surface area contributed by atoms with Crippen molar-refractivity contribution in [2.75, 3.05) is 35.0 Å². The van der Waals surface area contributed by atoms with Crippen LogP contribution in [-0.4, -0.2) is 65.4 Å². The van der Waals surface area contributed by atoms with Gasteiger partial charge in [0.15, 0.2) is 0 Å². The van der Waals surface area contributed by atoms with Crippen LogP contribution in [0.1, 0.15) is 20.3 Å². The average Bonchev–Trinajstić information content (AvgIpc) is 2.45. The van der Waals surface area contributed by atoms with Gasteiger partial charge in [-0.05, 0) is 13.8 Å². The predicted octanol–water partition coefficient (Wildman–Crippen LogP) is 1.02. The summed E-state index contributed by atoms with van der Waals surface area (Å²) in [4.78, 5) is 11.9. The molecule has 0 unspecified atom stereocenters. The number of hydrogen-bond acceptors (Lipinski definition) is 6. The molecule has 20 heavy (non-hydrogen) atoms. The highest BCUT2D eigenvalue weighted by atomic mass is 16.6. The number of carbonyl (C=O) groups excluding carboxylic acids is 1. The van der Waals surface area contributed by atoms with Crippen LogP contribution in [0.15, 0.2) is 0 Å². The Hall–Kier alpha value is -0.690. The molecule has 0 bridgehead atoms. The minimum Gasteiger partial charge on any atom is -0.469 e. The van der Waals surface area contributed by atoms with E-state index in [0.29, 0.717) is 13.0 Å². The van der Waals surface area contributed by atoms with Gasteiger partial charge in [-0.1, -0.05) is 0 Å². The summed E-state index contributed by atoms with van der Waals surface area (Å²) < 4.78 is 27.0. The summed E-state index contributed by atoms with van der Waals surface area (Å²) in [5.41, 5.74) is -0.754. The van der Waals surface area contributed by atoms with Crippen molar-refractivity contribution in [3.05, 3.63) is 0 Å². The second kappa shape index (κ2) is 7.36. The molecule has 0 aromatic heterocycles. The van der Waals surface area contributed by atoms with Crippen molar-refractivity contribution in [1.29, 1.82) is 0 Å². The van der Waals surface area contributed by atoms with Crippen LogP contribution in [0.4, 0.5) is 0 Å². The summed E-state index contributed by atoms with van der Waals surface area (Å²) in [6, 6.07) is 0. The SMILES string of the molecule is COC[C@H]1O[C@@H](C(C)(C)C(=O)OC)C[C@@H](OC)[C@@H]1OC. The maximum absolute atomic E-state index is 11.9. The Labute approximate surface area is 120 Å². The fourth-order valence-corrected chi connectivity index (χ4v) is 2.62. The third-order valence-electron chi connectivity index (χ3n) is 3.94. The zero-order valence-corrected chi connectivity index (χ0v) is 13.2. The first-order valence-corrected chi connectivity index (χ1v) is 6.70. The van der Waals surface area contributed by atoms with Crippen molar-refractivity contribution < 1.29 is 28.5 Å². The third-order valence-corrected chi connectivity index (χ3v) is 3.94. The van der Waals surface area contributed by atoms with Gasteiger partial charge >= 0.3 is 5.97 Å². The van der Waals surface area contributed by atoms with Gasteiger partial charge in [-0.25, -0.2) is 0 Å².